The molecule has 4 nitrogen and oxygen atoms in total. The fourth-order valence-electron chi connectivity index (χ4n) is 2.39. The monoisotopic (exact) mass is 427 g/mol. The Hall–Kier alpha value is -1.40. The SMILES string of the molecule is C=COC(=O)C1CC=CCC1C(=O)Nc1cc(Br)cc(Br)c1. The minimum Gasteiger partial charge on any atom is -0.435 e. The highest BCUT2D eigenvalue weighted by Crippen LogP contribution is 2.29. The van der Waals surface area contributed by atoms with E-state index in [-0.39, 0.29) is 5.91 Å². The molecule has 116 valence electrons. The van der Waals surface area contributed by atoms with Crippen LogP contribution >= 0.6 is 31.9 Å². The first-order valence-electron chi connectivity index (χ1n) is 6.74. The summed E-state index contributed by atoms with van der Waals surface area (Å²) < 4.78 is 6.55. The van der Waals surface area contributed by atoms with Gasteiger partial charge in [-0.15, -0.1) is 0 Å². The van der Waals surface area contributed by atoms with E-state index in [1.807, 2.05) is 18.2 Å². The number of carbonyl (C=O) groups is 2. The Kier molecular flexibility index (Phi) is 5.97. The maximum absolute atomic E-state index is 12.5. The number of esters is 1. The van der Waals surface area contributed by atoms with Crippen molar-refractivity contribution in [3.63, 3.8) is 0 Å². The zero-order chi connectivity index (χ0) is 16.1. The largest absolute Gasteiger partial charge is 0.435 e. The molecule has 2 atom stereocenters. The number of hydrogen-bond donors (Lipinski definition) is 1. The molecule has 0 aromatic heterocycles. The number of benzene rings is 1. The Morgan fingerprint density at radius 2 is 1.73 bits per heavy atom. The first-order valence-corrected chi connectivity index (χ1v) is 8.33. The summed E-state index contributed by atoms with van der Waals surface area (Å²) in [6, 6.07) is 5.49. The summed E-state index contributed by atoms with van der Waals surface area (Å²) in [5.41, 5.74) is 0.664. The first-order chi connectivity index (χ1) is 10.5. The van der Waals surface area contributed by atoms with Crippen LogP contribution in [-0.2, 0) is 14.3 Å². The van der Waals surface area contributed by atoms with E-state index in [0.29, 0.717) is 18.5 Å². The number of rotatable bonds is 4. The Balaban J connectivity index is 2.13. The molecular formula is C16H15Br2NO3. The minimum absolute atomic E-state index is 0.194. The fourth-order valence-corrected chi connectivity index (χ4v) is 3.69. The Morgan fingerprint density at radius 3 is 2.32 bits per heavy atom. The normalized spacial score (nSPS) is 20.3. The summed E-state index contributed by atoms with van der Waals surface area (Å²) in [6.07, 6.45) is 5.92. The molecular weight excluding hydrogens is 414 g/mol. The Morgan fingerprint density at radius 1 is 1.14 bits per heavy atom. The molecule has 0 heterocycles. The van der Waals surface area contributed by atoms with Gasteiger partial charge in [0.2, 0.25) is 5.91 Å². The van der Waals surface area contributed by atoms with E-state index in [9.17, 15) is 9.59 Å². The lowest BCUT2D eigenvalue weighted by Crippen LogP contribution is -2.35. The molecule has 6 heteroatoms. The van der Waals surface area contributed by atoms with Crippen LogP contribution in [0.5, 0.6) is 0 Å². The predicted octanol–water partition coefficient (Wildman–Crippen LogP) is 4.42. The maximum atomic E-state index is 12.5. The highest BCUT2D eigenvalue weighted by atomic mass is 79.9. The summed E-state index contributed by atoms with van der Waals surface area (Å²) in [6.45, 7) is 3.38. The van der Waals surface area contributed by atoms with Crippen LogP contribution in [-0.4, -0.2) is 11.9 Å². The molecule has 2 unspecified atom stereocenters. The average Bonchev–Trinajstić information content (AvgIpc) is 2.46. The van der Waals surface area contributed by atoms with Crippen molar-refractivity contribution in [3.05, 3.63) is 52.1 Å². The van der Waals surface area contributed by atoms with Gasteiger partial charge in [0.15, 0.2) is 0 Å². The molecule has 0 radical (unpaired) electrons. The first kappa shape index (κ1) is 17.0. The molecule has 1 aliphatic carbocycles. The van der Waals surface area contributed by atoms with Crippen LogP contribution in [0, 0.1) is 11.8 Å². The van der Waals surface area contributed by atoms with E-state index in [2.05, 4.69) is 43.8 Å². The topological polar surface area (TPSA) is 55.4 Å². The van der Waals surface area contributed by atoms with Crippen LogP contribution in [0.4, 0.5) is 5.69 Å². The summed E-state index contributed by atoms with van der Waals surface area (Å²) in [5.74, 6) is -1.55. The molecule has 1 aromatic carbocycles. The standard InChI is InChI=1S/C16H15Br2NO3/c1-2-22-16(21)14-6-4-3-5-13(14)15(20)19-12-8-10(17)7-11(18)9-12/h2-4,7-9,13-14H,1,5-6H2,(H,19,20). The summed E-state index contributed by atoms with van der Waals surface area (Å²) in [7, 11) is 0. The van der Waals surface area contributed by atoms with Gasteiger partial charge in [0.1, 0.15) is 0 Å². The molecule has 0 saturated carbocycles. The van der Waals surface area contributed by atoms with Gasteiger partial charge in [-0.25, -0.2) is 0 Å². The lowest BCUT2D eigenvalue weighted by molar-refractivity contribution is -0.147. The molecule has 0 bridgehead atoms. The van der Waals surface area contributed by atoms with Gasteiger partial charge in [-0.05, 0) is 31.0 Å². The van der Waals surface area contributed by atoms with Crippen molar-refractivity contribution in [2.45, 2.75) is 12.8 Å². The quantitative estimate of drug-likeness (QED) is 0.438. The van der Waals surface area contributed by atoms with E-state index in [0.717, 1.165) is 15.2 Å². The highest BCUT2D eigenvalue weighted by molar-refractivity contribution is 9.11. The fraction of sp³-hybridized carbons (Fsp3) is 0.250. The molecule has 1 N–H and O–H groups in total. The lowest BCUT2D eigenvalue weighted by atomic mass is 9.82. The zero-order valence-corrected chi connectivity index (χ0v) is 14.9. The van der Waals surface area contributed by atoms with Crippen LogP contribution in [0.15, 0.2) is 52.1 Å². The number of carbonyl (C=O) groups excluding carboxylic acids is 2. The lowest BCUT2D eigenvalue weighted by Gasteiger charge is -2.25. The summed E-state index contributed by atoms with van der Waals surface area (Å²) in [4.78, 5) is 24.5. The van der Waals surface area contributed by atoms with E-state index in [4.69, 9.17) is 4.74 Å². The third-order valence-corrected chi connectivity index (χ3v) is 4.32. The van der Waals surface area contributed by atoms with Crippen molar-refractivity contribution in [3.8, 4) is 0 Å². The molecule has 1 aromatic rings. The van der Waals surface area contributed by atoms with Gasteiger partial charge >= 0.3 is 5.97 Å². The Bertz CT molecular complexity index is 608. The smallest absolute Gasteiger partial charge is 0.314 e. The number of allylic oxidation sites excluding steroid dienone is 2. The number of hydrogen-bond acceptors (Lipinski definition) is 3. The molecule has 2 rings (SSSR count). The van der Waals surface area contributed by atoms with Crippen molar-refractivity contribution in [1.29, 1.82) is 0 Å². The summed E-state index contributed by atoms with van der Waals surface area (Å²) in [5, 5.41) is 2.85. The number of amides is 1. The van der Waals surface area contributed by atoms with Gasteiger partial charge in [-0.1, -0.05) is 50.6 Å². The highest BCUT2D eigenvalue weighted by Gasteiger charge is 2.35. The van der Waals surface area contributed by atoms with Gasteiger partial charge in [0, 0.05) is 14.6 Å². The number of ether oxygens (including phenoxy) is 1. The number of anilines is 1. The molecule has 0 aliphatic heterocycles. The van der Waals surface area contributed by atoms with Gasteiger partial charge < -0.3 is 10.1 Å². The molecule has 22 heavy (non-hydrogen) atoms. The van der Waals surface area contributed by atoms with Crippen LogP contribution in [0.25, 0.3) is 0 Å². The van der Waals surface area contributed by atoms with Crippen molar-refractivity contribution >= 4 is 49.4 Å². The third-order valence-electron chi connectivity index (χ3n) is 3.40. The van der Waals surface area contributed by atoms with Crippen LogP contribution in [0.2, 0.25) is 0 Å². The molecule has 0 saturated heterocycles. The third kappa shape index (κ3) is 4.30. The van der Waals surface area contributed by atoms with Crippen molar-refractivity contribution < 1.29 is 14.3 Å². The van der Waals surface area contributed by atoms with Crippen LogP contribution < -0.4 is 5.32 Å². The van der Waals surface area contributed by atoms with Crippen molar-refractivity contribution in [2.75, 3.05) is 5.32 Å². The van der Waals surface area contributed by atoms with E-state index in [1.54, 1.807) is 12.1 Å². The number of halogens is 2. The second-order valence-corrected chi connectivity index (χ2v) is 6.74. The van der Waals surface area contributed by atoms with Crippen LogP contribution in [0.1, 0.15) is 12.8 Å². The van der Waals surface area contributed by atoms with Gasteiger partial charge in [-0.2, -0.15) is 0 Å². The second kappa shape index (κ2) is 7.74. The van der Waals surface area contributed by atoms with E-state index in [1.165, 1.54) is 0 Å². The van der Waals surface area contributed by atoms with Gasteiger partial charge in [0.25, 0.3) is 0 Å². The van der Waals surface area contributed by atoms with Gasteiger partial charge in [-0.3, -0.25) is 9.59 Å². The predicted molar refractivity (Wildman–Crippen MR) is 92.1 cm³/mol. The maximum Gasteiger partial charge on any atom is 0.314 e. The van der Waals surface area contributed by atoms with Crippen molar-refractivity contribution in [2.24, 2.45) is 11.8 Å². The van der Waals surface area contributed by atoms with Gasteiger partial charge in [0.05, 0.1) is 18.1 Å². The van der Waals surface area contributed by atoms with Crippen LogP contribution in [0.3, 0.4) is 0 Å². The second-order valence-electron chi connectivity index (χ2n) is 4.91. The zero-order valence-electron chi connectivity index (χ0n) is 11.7. The summed E-state index contributed by atoms with van der Waals surface area (Å²) >= 11 is 6.75. The number of nitrogens with one attached hydrogen (secondary N) is 1. The molecule has 0 spiro atoms. The minimum atomic E-state index is -0.487. The molecule has 1 aliphatic rings. The van der Waals surface area contributed by atoms with Crippen molar-refractivity contribution in [1.82, 2.24) is 0 Å². The molecule has 1 amide bonds. The molecule has 0 fully saturated rings. The average molecular weight is 429 g/mol. The van der Waals surface area contributed by atoms with E-state index >= 15 is 0 Å². The van der Waals surface area contributed by atoms with E-state index < -0.39 is 17.8 Å². The Labute approximate surface area is 145 Å².